The van der Waals surface area contributed by atoms with Crippen molar-refractivity contribution in [3.63, 3.8) is 0 Å². The minimum Gasteiger partial charge on any atom is -0.347 e. The molecule has 1 aromatic heterocycles. The molecule has 1 amide bonds. The Kier molecular flexibility index (Phi) is 6.33. The van der Waals surface area contributed by atoms with E-state index in [-0.39, 0.29) is 5.91 Å². The first-order valence-corrected chi connectivity index (χ1v) is 10.2. The molecule has 2 heterocycles. The summed E-state index contributed by atoms with van der Waals surface area (Å²) in [6.07, 6.45) is 2.48. The average molecular weight is 392 g/mol. The van der Waals surface area contributed by atoms with Crippen LogP contribution in [0.25, 0.3) is 0 Å². The lowest BCUT2D eigenvalue weighted by Crippen LogP contribution is -2.27. The van der Waals surface area contributed by atoms with E-state index in [0.29, 0.717) is 17.3 Å². The quantitative estimate of drug-likeness (QED) is 0.753. The lowest BCUT2D eigenvalue weighted by molar-refractivity contribution is 0.0942. The van der Waals surface area contributed by atoms with Crippen molar-refractivity contribution in [3.05, 3.63) is 52.3 Å². The first kappa shape index (κ1) is 19.3. The van der Waals surface area contributed by atoms with Gasteiger partial charge in [0.2, 0.25) is 0 Å². The van der Waals surface area contributed by atoms with Gasteiger partial charge in [-0.1, -0.05) is 36.7 Å². The number of piperidine rings is 1. The number of benzene rings is 1. The van der Waals surface area contributed by atoms with Gasteiger partial charge in [-0.2, -0.15) is 0 Å². The molecule has 0 radical (unpaired) electrons. The Bertz CT molecular complexity index is 781. The SMILES string of the molecule is Cc1c(SN2CCC(C)CC2)cc(C(=O)NCc2ccccc2Cl)n1C. The van der Waals surface area contributed by atoms with Crippen LogP contribution in [-0.2, 0) is 13.6 Å². The summed E-state index contributed by atoms with van der Waals surface area (Å²) < 4.78 is 4.38. The van der Waals surface area contributed by atoms with Gasteiger partial charge >= 0.3 is 0 Å². The van der Waals surface area contributed by atoms with E-state index in [1.807, 2.05) is 41.9 Å². The van der Waals surface area contributed by atoms with Crippen molar-refractivity contribution < 1.29 is 4.79 Å². The standard InChI is InChI=1S/C20H26ClN3OS/c1-14-8-10-24(11-9-14)26-19-12-18(23(3)15(19)2)20(25)22-13-16-6-4-5-7-17(16)21/h4-7,12,14H,8-11,13H2,1-3H3,(H,22,25). The third-order valence-corrected chi connectivity index (χ3v) is 6.69. The summed E-state index contributed by atoms with van der Waals surface area (Å²) in [6.45, 7) is 7.02. The van der Waals surface area contributed by atoms with Gasteiger partial charge in [-0.15, -0.1) is 0 Å². The Morgan fingerprint density at radius 2 is 2.00 bits per heavy atom. The summed E-state index contributed by atoms with van der Waals surface area (Å²) in [5.74, 6) is 0.740. The van der Waals surface area contributed by atoms with Crippen molar-refractivity contribution in [1.29, 1.82) is 0 Å². The van der Waals surface area contributed by atoms with Gasteiger partial charge in [0.1, 0.15) is 5.69 Å². The Balaban J connectivity index is 1.66. The Morgan fingerprint density at radius 1 is 1.31 bits per heavy atom. The maximum atomic E-state index is 12.7. The number of carbonyl (C=O) groups is 1. The largest absolute Gasteiger partial charge is 0.347 e. The van der Waals surface area contributed by atoms with Crippen molar-refractivity contribution in [2.75, 3.05) is 13.1 Å². The van der Waals surface area contributed by atoms with Gasteiger partial charge in [0.25, 0.3) is 5.91 Å². The molecule has 0 aliphatic carbocycles. The highest BCUT2D eigenvalue weighted by atomic mass is 35.5. The predicted octanol–water partition coefficient (Wildman–Crippen LogP) is 4.66. The highest BCUT2D eigenvalue weighted by Crippen LogP contribution is 2.32. The molecule has 0 unspecified atom stereocenters. The fourth-order valence-electron chi connectivity index (χ4n) is 3.10. The molecule has 1 aromatic carbocycles. The van der Waals surface area contributed by atoms with Crippen molar-refractivity contribution >= 4 is 29.5 Å². The van der Waals surface area contributed by atoms with Crippen molar-refractivity contribution in [3.8, 4) is 0 Å². The van der Waals surface area contributed by atoms with Crippen molar-refractivity contribution in [1.82, 2.24) is 14.2 Å². The molecule has 0 saturated carbocycles. The molecule has 1 aliphatic rings. The van der Waals surface area contributed by atoms with Crippen LogP contribution < -0.4 is 5.32 Å². The van der Waals surface area contributed by atoms with Crippen LogP contribution in [0.4, 0.5) is 0 Å². The fourth-order valence-corrected chi connectivity index (χ4v) is 4.41. The fraction of sp³-hybridized carbons (Fsp3) is 0.450. The number of nitrogens with one attached hydrogen (secondary N) is 1. The van der Waals surface area contributed by atoms with E-state index in [0.717, 1.165) is 35.2 Å². The van der Waals surface area contributed by atoms with E-state index in [1.54, 1.807) is 11.9 Å². The molecular weight excluding hydrogens is 366 g/mol. The average Bonchev–Trinajstić information content (AvgIpc) is 2.91. The summed E-state index contributed by atoms with van der Waals surface area (Å²) in [5, 5.41) is 3.65. The van der Waals surface area contributed by atoms with Gasteiger partial charge in [0.15, 0.2) is 0 Å². The van der Waals surface area contributed by atoms with Gasteiger partial charge in [0.05, 0.1) is 0 Å². The lowest BCUT2D eigenvalue weighted by Gasteiger charge is -2.28. The van der Waals surface area contributed by atoms with Crippen molar-refractivity contribution in [2.24, 2.45) is 13.0 Å². The third-order valence-electron chi connectivity index (χ3n) is 5.09. The van der Waals surface area contributed by atoms with Gasteiger partial charge in [0, 0.05) is 42.3 Å². The number of amides is 1. The van der Waals surface area contributed by atoms with Crippen LogP contribution >= 0.6 is 23.5 Å². The van der Waals surface area contributed by atoms with E-state index in [9.17, 15) is 4.79 Å². The van der Waals surface area contributed by atoms with Crippen LogP contribution in [0.5, 0.6) is 0 Å². The Labute approximate surface area is 165 Å². The zero-order valence-corrected chi connectivity index (χ0v) is 17.2. The molecular formula is C20H26ClN3OS. The molecule has 1 aliphatic heterocycles. The molecule has 3 rings (SSSR count). The van der Waals surface area contributed by atoms with Crippen LogP contribution in [0.15, 0.2) is 35.2 Å². The number of hydrogen-bond donors (Lipinski definition) is 1. The number of nitrogens with zero attached hydrogens (tertiary/aromatic N) is 2. The summed E-state index contributed by atoms with van der Waals surface area (Å²) >= 11 is 7.94. The molecule has 2 aromatic rings. The van der Waals surface area contributed by atoms with Crippen LogP contribution in [0.2, 0.25) is 5.02 Å². The first-order chi connectivity index (χ1) is 12.5. The molecule has 0 bridgehead atoms. The monoisotopic (exact) mass is 391 g/mol. The number of rotatable bonds is 5. The molecule has 0 atom stereocenters. The minimum absolute atomic E-state index is 0.0744. The maximum absolute atomic E-state index is 12.7. The summed E-state index contributed by atoms with van der Waals surface area (Å²) in [6, 6.07) is 9.58. The highest BCUT2D eigenvalue weighted by Gasteiger charge is 2.21. The highest BCUT2D eigenvalue weighted by molar-refractivity contribution is 7.97. The van der Waals surface area contributed by atoms with Crippen molar-refractivity contribution in [2.45, 2.75) is 38.1 Å². The minimum atomic E-state index is -0.0744. The zero-order valence-electron chi connectivity index (χ0n) is 15.6. The molecule has 4 nitrogen and oxygen atoms in total. The van der Waals surface area contributed by atoms with Crippen LogP contribution in [-0.4, -0.2) is 27.9 Å². The number of halogens is 1. The first-order valence-electron chi connectivity index (χ1n) is 9.06. The molecule has 0 spiro atoms. The van der Waals surface area contributed by atoms with E-state index in [2.05, 4.69) is 23.5 Å². The van der Waals surface area contributed by atoms with Crippen LogP contribution in [0.3, 0.4) is 0 Å². The summed E-state index contributed by atoms with van der Waals surface area (Å²) in [7, 11) is 1.95. The van der Waals surface area contributed by atoms with E-state index >= 15 is 0 Å². The van der Waals surface area contributed by atoms with Gasteiger partial charge < -0.3 is 9.88 Å². The molecule has 6 heteroatoms. The van der Waals surface area contributed by atoms with E-state index in [4.69, 9.17) is 11.6 Å². The summed E-state index contributed by atoms with van der Waals surface area (Å²) in [5.41, 5.74) is 2.73. The number of carbonyl (C=O) groups excluding carboxylic acids is 1. The number of aromatic nitrogens is 1. The van der Waals surface area contributed by atoms with Gasteiger partial charge in [-0.25, -0.2) is 4.31 Å². The van der Waals surface area contributed by atoms with Crippen LogP contribution in [0, 0.1) is 12.8 Å². The predicted molar refractivity (Wildman–Crippen MR) is 109 cm³/mol. The molecule has 1 N–H and O–H groups in total. The van der Waals surface area contributed by atoms with E-state index < -0.39 is 0 Å². The lowest BCUT2D eigenvalue weighted by atomic mass is 10.0. The second kappa shape index (κ2) is 8.51. The van der Waals surface area contributed by atoms with Gasteiger partial charge in [-0.3, -0.25) is 4.79 Å². The molecule has 140 valence electrons. The zero-order chi connectivity index (χ0) is 18.7. The third kappa shape index (κ3) is 4.45. The molecule has 1 saturated heterocycles. The maximum Gasteiger partial charge on any atom is 0.268 e. The molecule has 26 heavy (non-hydrogen) atoms. The second-order valence-corrected chi connectivity index (χ2v) is 8.56. The molecule has 1 fully saturated rings. The van der Waals surface area contributed by atoms with Gasteiger partial charge in [-0.05, 0) is 55.3 Å². The topological polar surface area (TPSA) is 37.3 Å². The van der Waals surface area contributed by atoms with Crippen LogP contribution in [0.1, 0.15) is 41.5 Å². The number of hydrogen-bond acceptors (Lipinski definition) is 3. The normalized spacial score (nSPS) is 16.0. The Hall–Kier alpha value is -1.43. The summed E-state index contributed by atoms with van der Waals surface area (Å²) in [4.78, 5) is 13.8. The second-order valence-electron chi connectivity index (χ2n) is 7.02. The Morgan fingerprint density at radius 3 is 2.69 bits per heavy atom. The smallest absolute Gasteiger partial charge is 0.268 e. The van der Waals surface area contributed by atoms with E-state index in [1.165, 1.54) is 12.8 Å².